The molecule has 1 N–H and O–H groups in total. The molecule has 2 aliphatic heterocycles. The van der Waals surface area contributed by atoms with Gasteiger partial charge in [-0.25, -0.2) is 0 Å². The first-order valence-electron chi connectivity index (χ1n) is 7.27. The van der Waals surface area contributed by atoms with E-state index in [0.29, 0.717) is 16.4 Å². The summed E-state index contributed by atoms with van der Waals surface area (Å²) in [5.41, 5.74) is 1.09. The smallest absolute Gasteiger partial charge is 0.125 e. The van der Waals surface area contributed by atoms with Crippen molar-refractivity contribution in [3.63, 3.8) is 0 Å². The lowest BCUT2D eigenvalue weighted by molar-refractivity contribution is 0.171. The molecule has 2 heterocycles. The van der Waals surface area contributed by atoms with E-state index in [1.54, 1.807) is 17.8 Å². The van der Waals surface area contributed by atoms with Gasteiger partial charge in [-0.15, -0.1) is 23.5 Å². The van der Waals surface area contributed by atoms with Crippen molar-refractivity contribution >= 4 is 28.6 Å². The predicted molar refractivity (Wildman–Crippen MR) is 93.6 cm³/mol. The fraction of sp³-hybridized carbons (Fsp3) is 0.562. The summed E-state index contributed by atoms with van der Waals surface area (Å²) in [4.78, 5) is 7.41. The van der Waals surface area contributed by atoms with E-state index < -0.39 is 0 Å². The van der Waals surface area contributed by atoms with Crippen LogP contribution in [0.2, 0.25) is 0 Å². The highest BCUT2D eigenvalue weighted by atomic mass is 32.2. The molecule has 2 aliphatic rings. The molecule has 3 atom stereocenters. The van der Waals surface area contributed by atoms with E-state index in [1.165, 1.54) is 0 Å². The van der Waals surface area contributed by atoms with Crippen LogP contribution in [0.1, 0.15) is 26.3 Å². The van der Waals surface area contributed by atoms with Gasteiger partial charge in [-0.1, -0.05) is 19.1 Å². The minimum Gasteiger partial charge on any atom is -0.507 e. The van der Waals surface area contributed by atoms with Crippen LogP contribution in [0, 0.1) is 0 Å². The number of thioether (sulfide) groups is 2. The van der Waals surface area contributed by atoms with Crippen molar-refractivity contribution in [3.05, 3.63) is 29.8 Å². The lowest BCUT2D eigenvalue weighted by atomic mass is 10.1. The number of aromatic hydroxyl groups is 1. The van der Waals surface area contributed by atoms with Crippen LogP contribution in [0.5, 0.6) is 5.75 Å². The second kappa shape index (κ2) is 5.52. The Morgan fingerprint density at radius 3 is 2.67 bits per heavy atom. The molecule has 1 saturated heterocycles. The van der Waals surface area contributed by atoms with E-state index in [2.05, 4.69) is 32.7 Å². The summed E-state index contributed by atoms with van der Waals surface area (Å²) in [6.07, 6.45) is 0. The Balaban J connectivity index is 1.87. The minimum atomic E-state index is 0.229. The van der Waals surface area contributed by atoms with Gasteiger partial charge in [-0.2, -0.15) is 0 Å². The molecule has 0 amide bonds. The molecule has 0 unspecified atom stereocenters. The fourth-order valence-corrected chi connectivity index (χ4v) is 5.84. The normalized spacial score (nSPS) is 32.4. The van der Waals surface area contributed by atoms with Crippen LogP contribution >= 0.6 is 23.5 Å². The molecule has 114 valence electrons. The topological polar surface area (TPSA) is 35.8 Å². The lowest BCUT2D eigenvalue weighted by Crippen LogP contribution is -2.46. The monoisotopic (exact) mass is 322 g/mol. The molecular formula is C16H22N2OS2. The Morgan fingerprint density at radius 1 is 1.33 bits per heavy atom. The predicted octanol–water partition coefficient (Wildman–Crippen LogP) is 3.43. The van der Waals surface area contributed by atoms with Crippen LogP contribution in [0.3, 0.4) is 0 Å². The number of rotatable bonds is 2. The van der Waals surface area contributed by atoms with E-state index in [9.17, 15) is 5.11 Å². The molecule has 21 heavy (non-hydrogen) atoms. The van der Waals surface area contributed by atoms with Crippen LogP contribution in [-0.2, 0) is 0 Å². The van der Waals surface area contributed by atoms with Crippen molar-refractivity contribution in [1.29, 1.82) is 0 Å². The molecule has 0 spiro atoms. The summed E-state index contributed by atoms with van der Waals surface area (Å²) in [6, 6.07) is 7.77. The molecule has 0 aliphatic carbocycles. The standard InChI is InChI=1S/C16H22N2OS2/c1-10-13(15-18(4)16(2,3)9-20-15)17-14(21-10)11-7-5-6-8-12(11)19/h5-8,10,13,15,19H,9H2,1-4H3/t10-,13+,15-/m0/s1. The van der Waals surface area contributed by atoms with Gasteiger partial charge >= 0.3 is 0 Å². The third-order valence-electron chi connectivity index (χ3n) is 4.42. The van der Waals surface area contributed by atoms with E-state index in [4.69, 9.17) is 4.99 Å². The number of para-hydroxylation sites is 1. The van der Waals surface area contributed by atoms with Gasteiger partial charge in [0.05, 0.1) is 11.4 Å². The van der Waals surface area contributed by atoms with Crippen molar-refractivity contribution in [2.75, 3.05) is 12.8 Å². The Kier molecular flexibility index (Phi) is 4.01. The van der Waals surface area contributed by atoms with Crippen molar-refractivity contribution < 1.29 is 5.11 Å². The fourth-order valence-electron chi connectivity index (χ4n) is 2.77. The Hall–Kier alpha value is -0.650. The van der Waals surface area contributed by atoms with Gasteiger partial charge in [0.2, 0.25) is 0 Å². The molecule has 3 nitrogen and oxygen atoms in total. The summed E-state index contributed by atoms with van der Waals surface area (Å²) in [7, 11) is 2.20. The summed E-state index contributed by atoms with van der Waals surface area (Å²) >= 11 is 3.78. The van der Waals surface area contributed by atoms with Crippen molar-refractivity contribution in [2.45, 2.75) is 43.0 Å². The molecule has 1 aromatic carbocycles. The Bertz CT molecular complexity index is 573. The van der Waals surface area contributed by atoms with Gasteiger partial charge in [0.1, 0.15) is 10.8 Å². The molecular weight excluding hydrogens is 300 g/mol. The van der Waals surface area contributed by atoms with Crippen LogP contribution in [0.4, 0.5) is 0 Å². The number of benzene rings is 1. The molecule has 0 bridgehead atoms. The first kappa shape index (κ1) is 15.3. The van der Waals surface area contributed by atoms with Gasteiger partial charge in [-0.3, -0.25) is 9.89 Å². The third-order valence-corrected chi connectivity index (χ3v) is 7.42. The molecule has 0 saturated carbocycles. The van der Waals surface area contributed by atoms with Gasteiger partial charge in [0.25, 0.3) is 0 Å². The van der Waals surface area contributed by atoms with Crippen LogP contribution in [0.15, 0.2) is 29.3 Å². The second-order valence-corrected chi connectivity index (χ2v) is 8.86. The van der Waals surface area contributed by atoms with Crippen LogP contribution in [0.25, 0.3) is 0 Å². The number of aliphatic imine (C=N–C) groups is 1. The van der Waals surface area contributed by atoms with Gasteiger partial charge < -0.3 is 5.11 Å². The van der Waals surface area contributed by atoms with E-state index in [0.717, 1.165) is 16.4 Å². The van der Waals surface area contributed by atoms with Crippen LogP contribution in [-0.4, -0.2) is 50.1 Å². The van der Waals surface area contributed by atoms with Crippen LogP contribution < -0.4 is 0 Å². The Morgan fingerprint density at radius 2 is 2.05 bits per heavy atom. The van der Waals surface area contributed by atoms with Crippen molar-refractivity contribution in [2.24, 2.45) is 4.99 Å². The minimum absolute atomic E-state index is 0.229. The molecule has 1 fully saturated rings. The molecule has 1 aromatic rings. The SMILES string of the molecule is C[C@@H]1SC(c2ccccc2O)=N[C@H]1[C@@H]1SCC(C)(C)N1C. The maximum Gasteiger partial charge on any atom is 0.125 e. The first-order valence-corrected chi connectivity index (χ1v) is 9.20. The number of hydrogen-bond acceptors (Lipinski definition) is 5. The molecule has 0 aromatic heterocycles. The average Bonchev–Trinajstić information content (AvgIpc) is 2.92. The van der Waals surface area contributed by atoms with E-state index >= 15 is 0 Å². The zero-order valence-electron chi connectivity index (χ0n) is 12.9. The van der Waals surface area contributed by atoms with Crippen molar-refractivity contribution in [1.82, 2.24) is 4.90 Å². The maximum atomic E-state index is 10.0. The van der Waals surface area contributed by atoms with Gasteiger partial charge in [0, 0.05) is 22.1 Å². The molecule has 5 heteroatoms. The van der Waals surface area contributed by atoms with Crippen molar-refractivity contribution in [3.8, 4) is 5.75 Å². The molecule has 3 rings (SSSR count). The van der Waals surface area contributed by atoms with Gasteiger partial charge in [0.15, 0.2) is 0 Å². The lowest BCUT2D eigenvalue weighted by Gasteiger charge is -2.33. The number of nitrogens with zero attached hydrogens (tertiary/aromatic N) is 2. The zero-order chi connectivity index (χ0) is 15.2. The summed E-state index contributed by atoms with van der Waals surface area (Å²) in [5, 5.41) is 11.9. The highest BCUT2D eigenvalue weighted by Gasteiger charge is 2.45. The highest BCUT2D eigenvalue weighted by molar-refractivity contribution is 8.15. The molecule has 0 radical (unpaired) electrons. The van der Waals surface area contributed by atoms with E-state index in [-0.39, 0.29) is 11.6 Å². The highest BCUT2D eigenvalue weighted by Crippen LogP contribution is 2.43. The largest absolute Gasteiger partial charge is 0.507 e. The maximum absolute atomic E-state index is 10.0. The van der Waals surface area contributed by atoms with Gasteiger partial charge in [-0.05, 0) is 33.0 Å². The second-order valence-electron chi connectivity index (χ2n) is 6.39. The number of likely N-dealkylation sites (N-methyl/N-ethyl adjacent to an activating group) is 1. The third kappa shape index (κ3) is 2.71. The summed E-state index contributed by atoms with van der Waals surface area (Å²) in [5.74, 6) is 1.47. The first-order chi connectivity index (χ1) is 9.90. The quantitative estimate of drug-likeness (QED) is 0.905. The summed E-state index contributed by atoms with van der Waals surface area (Å²) in [6.45, 7) is 6.83. The average molecular weight is 322 g/mol. The zero-order valence-corrected chi connectivity index (χ0v) is 14.5. The number of hydrogen-bond donors (Lipinski definition) is 1. The number of phenols is 1. The van der Waals surface area contributed by atoms with E-state index in [1.807, 2.05) is 30.0 Å². The summed E-state index contributed by atoms with van der Waals surface area (Å²) < 4.78 is 0. The Labute approximate surface area is 135 Å². The number of phenolic OH excluding ortho intramolecular Hbond substituents is 1.